The van der Waals surface area contributed by atoms with Gasteiger partial charge in [0.15, 0.2) is 0 Å². The van der Waals surface area contributed by atoms with Gasteiger partial charge in [-0.2, -0.15) is 5.26 Å². The van der Waals surface area contributed by atoms with Crippen molar-refractivity contribution in [3.05, 3.63) is 23.8 Å². The van der Waals surface area contributed by atoms with Gasteiger partial charge in [-0.3, -0.25) is 9.69 Å². The summed E-state index contributed by atoms with van der Waals surface area (Å²) in [5.41, 5.74) is 8.04. The number of nitrogens with two attached hydrogens (primary N) is 1. The summed E-state index contributed by atoms with van der Waals surface area (Å²) in [6.45, 7) is 4.03. The Morgan fingerprint density at radius 3 is 2.89 bits per heavy atom. The third-order valence-electron chi connectivity index (χ3n) is 3.18. The molecule has 0 aliphatic heterocycles. The summed E-state index contributed by atoms with van der Waals surface area (Å²) in [5.74, 6) is -0.110. The van der Waals surface area contributed by atoms with Crippen LogP contribution < -0.4 is 11.1 Å². The SMILES string of the molecule is Cc1c(N)cccc1NC(=O)CN(C)C(C)CC#N. The Hall–Kier alpha value is -2.06. The number of likely N-dealkylation sites (N-methyl/N-ethyl adjacent to an activating group) is 1. The first-order chi connectivity index (χ1) is 8.95. The second-order valence-corrected chi connectivity index (χ2v) is 4.69. The van der Waals surface area contributed by atoms with Crippen LogP contribution >= 0.6 is 0 Å². The Kier molecular flexibility index (Phi) is 5.34. The van der Waals surface area contributed by atoms with Gasteiger partial charge in [0.25, 0.3) is 0 Å². The minimum absolute atomic E-state index is 0.0534. The molecule has 0 aromatic heterocycles. The summed E-state index contributed by atoms with van der Waals surface area (Å²) >= 11 is 0. The van der Waals surface area contributed by atoms with Crippen LogP contribution in [0.1, 0.15) is 18.9 Å². The first-order valence-electron chi connectivity index (χ1n) is 6.17. The van der Waals surface area contributed by atoms with E-state index < -0.39 is 0 Å². The first kappa shape index (κ1) is 15.0. The zero-order chi connectivity index (χ0) is 14.4. The van der Waals surface area contributed by atoms with Crippen molar-refractivity contribution < 1.29 is 4.79 Å². The quantitative estimate of drug-likeness (QED) is 0.790. The van der Waals surface area contributed by atoms with Crippen LogP contribution in [0.5, 0.6) is 0 Å². The van der Waals surface area contributed by atoms with Crippen LogP contribution in [0.15, 0.2) is 18.2 Å². The number of carbonyl (C=O) groups is 1. The van der Waals surface area contributed by atoms with Gasteiger partial charge in [-0.15, -0.1) is 0 Å². The summed E-state index contributed by atoms with van der Waals surface area (Å²) < 4.78 is 0. The third kappa shape index (κ3) is 4.27. The molecule has 5 nitrogen and oxygen atoms in total. The molecule has 1 atom stereocenters. The van der Waals surface area contributed by atoms with Crippen LogP contribution in [0.4, 0.5) is 11.4 Å². The molecule has 1 amide bonds. The largest absolute Gasteiger partial charge is 0.398 e. The van der Waals surface area contributed by atoms with E-state index in [4.69, 9.17) is 11.0 Å². The topological polar surface area (TPSA) is 82.2 Å². The van der Waals surface area contributed by atoms with Gasteiger partial charge in [0, 0.05) is 17.4 Å². The second kappa shape index (κ2) is 6.76. The van der Waals surface area contributed by atoms with Crippen LogP contribution in [0.2, 0.25) is 0 Å². The van der Waals surface area contributed by atoms with Crippen LogP contribution in [0.3, 0.4) is 0 Å². The van der Waals surface area contributed by atoms with Crippen molar-refractivity contribution in [3.63, 3.8) is 0 Å². The van der Waals surface area contributed by atoms with Gasteiger partial charge in [0.2, 0.25) is 5.91 Å². The molecule has 0 heterocycles. The van der Waals surface area contributed by atoms with Gasteiger partial charge in [-0.25, -0.2) is 0 Å². The predicted octanol–water partition coefficient (Wildman–Crippen LogP) is 1.75. The van der Waals surface area contributed by atoms with Crippen molar-refractivity contribution in [1.29, 1.82) is 5.26 Å². The van der Waals surface area contributed by atoms with Gasteiger partial charge < -0.3 is 11.1 Å². The van der Waals surface area contributed by atoms with Gasteiger partial charge >= 0.3 is 0 Å². The molecule has 102 valence electrons. The number of carbonyl (C=O) groups excluding carboxylic acids is 1. The molecule has 0 fully saturated rings. The lowest BCUT2D eigenvalue weighted by Gasteiger charge is -2.22. The normalized spacial score (nSPS) is 11.9. The molecule has 0 saturated carbocycles. The maximum absolute atomic E-state index is 11.9. The first-order valence-corrected chi connectivity index (χ1v) is 6.17. The number of nitrogen functional groups attached to an aromatic ring is 1. The second-order valence-electron chi connectivity index (χ2n) is 4.69. The molecular formula is C14H20N4O. The molecule has 0 spiro atoms. The number of nitrogens with one attached hydrogen (secondary N) is 1. The van der Waals surface area contributed by atoms with Gasteiger partial charge in [0.1, 0.15) is 0 Å². The number of nitriles is 1. The smallest absolute Gasteiger partial charge is 0.238 e. The van der Waals surface area contributed by atoms with E-state index in [0.29, 0.717) is 12.1 Å². The Bertz CT molecular complexity index is 493. The fraction of sp³-hybridized carbons (Fsp3) is 0.429. The van der Waals surface area contributed by atoms with E-state index in [1.54, 1.807) is 12.1 Å². The lowest BCUT2D eigenvalue weighted by Crippen LogP contribution is -2.36. The molecule has 19 heavy (non-hydrogen) atoms. The molecule has 0 radical (unpaired) electrons. The van der Waals surface area contributed by atoms with E-state index in [2.05, 4.69) is 11.4 Å². The van der Waals surface area contributed by atoms with Crippen molar-refractivity contribution in [2.45, 2.75) is 26.3 Å². The van der Waals surface area contributed by atoms with Crippen LogP contribution in [-0.2, 0) is 4.79 Å². The summed E-state index contributed by atoms with van der Waals surface area (Å²) in [7, 11) is 1.83. The van der Waals surface area contributed by atoms with Crippen LogP contribution in [0, 0.1) is 18.3 Å². The number of nitrogens with zero attached hydrogens (tertiary/aromatic N) is 2. The number of rotatable bonds is 5. The number of amides is 1. The van der Waals surface area contributed by atoms with E-state index in [1.807, 2.05) is 31.9 Å². The van der Waals surface area contributed by atoms with Crippen molar-refractivity contribution in [2.24, 2.45) is 0 Å². The highest BCUT2D eigenvalue weighted by molar-refractivity contribution is 5.93. The Morgan fingerprint density at radius 2 is 2.26 bits per heavy atom. The van der Waals surface area contributed by atoms with Crippen LogP contribution in [0.25, 0.3) is 0 Å². The predicted molar refractivity (Wildman–Crippen MR) is 76.5 cm³/mol. The lowest BCUT2D eigenvalue weighted by atomic mass is 10.1. The van der Waals surface area contributed by atoms with Crippen molar-refractivity contribution in [1.82, 2.24) is 4.90 Å². The molecule has 1 aromatic carbocycles. The number of hydrogen-bond donors (Lipinski definition) is 2. The van der Waals surface area contributed by atoms with Gasteiger partial charge in [-0.1, -0.05) is 6.07 Å². The Morgan fingerprint density at radius 1 is 1.58 bits per heavy atom. The van der Waals surface area contributed by atoms with E-state index in [1.165, 1.54) is 0 Å². The average Bonchev–Trinajstić information content (AvgIpc) is 2.35. The highest BCUT2D eigenvalue weighted by Crippen LogP contribution is 2.20. The highest BCUT2D eigenvalue weighted by atomic mass is 16.2. The van der Waals surface area contributed by atoms with E-state index >= 15 is 0 Å². The number of hydrogen-bond acceptors (Lipinski definition) is 4. The molecule has 0 saturated heterocycles. The fourth-order valence-electron chi connectivity index (χ4n) is 1.65. The van der Waals surface area contributed by atoms with E-state index in [-0.39, 0.29) is 18.5 Å². The number of anilines is 2. The monoisotopic (exact) mass is 260 g/mol. The fourth-order valence-corrected chi connectivity index (χ4v) is 1.65. The molecule has 0 aliphatic rings. The standard InChI is InChI=1S/C14H20N4O/c1-10(7-8-15)18(3)9-14(19)17-13-6-4-5-12(16)11(13)2/h4-6,10H,7,9,16H2,1-3H3,(H,17,19). The molecule has 0 aliphatic carbocycles. The van der Waals surface area contributed by atoms with Gasteiger partial charge in [-0.05, 0) is 38.6 Å². The zero-order valence-corrected chi connectivity index (χ0v) is 11.6. The zero-order valence-electron chi connectivity index (χ0n) is 11.6. The van der Waals surface area contributed by atoms with Gasteiger partial charge in [0.05, 0.1) is 19.0 Å². The number of benzene rings is 1. The molecule has 3 N–H and O–H groups in total. The highest BCUT2D eigenvalue weighted by Gasteiger charge is 2.13. The molecule has 5 heteroatoms. The Labute approximate surface area is 114 Å². The summed E-state index contributed by atoms with van der Waals surface area (Å²) in [5, 5.41) is 11.5. The van der Waals surface area contributed by atoms with Crippen molar-refractivity contribution >= 4 is 17.3 Å². The van der Waals surface area contributed by atoms with E-state index in [0.717, 1.165) is 11.3 Å². The van der Waals surface area contributed by atoms with Crippen LogP contribution in [-0.4, -0.2) is 30.4 Å². The van der Waals surface area contributed by atoms with Crippen molar-refractivity contribution in [3.8, 4) is 6.07 Å². The molecule has 0 bridgehead atoms. The molecule has 1 aromatic rings. The summed E-state index contributed by atoms with van der Waals surface area (Å²) in [4.78, 5) is 13.8. The van der Waals surface area contributed by atoms with E-state index in [9.17, 15) is 4.79 Å². The molecular weight excluding hydrogens is 240 g/mol. The average molecular weight is 260 g/mol. The van der Waals surface area contributed by atoms with Crippen molar-refractivity contribution in [2.75, 3.05) is 24.6 Å². The maximum atomic E-state index is 11.9. The molecule has 1 unspecified atom stereocenters. The maximum Gasteiger partial charge on any atom is 0.238 e. The molecule has 1 rings (SSSR count). The Balaban J connectivity index is 2.61. The summed E-state index contributed by atoms with van der Waals surface area (Å²) in [6, 6.07) is 7.58. The third-order valence-corrected chi connectivity index (χ3v) is 3.18. The summed E-state index contributed by atoms with van der Waals surface area (Å²) in [6.07, 6.45) is 0.404. The minimum Gasteiger partial charge on any atom is -0.398 e. The minimum atomic E-state index is -0.110. The lowest BCUT2D eigenvalue weighted by molar-refractivity contribution is -0.117.